The molecule has 19 heteroatoms. The largest absolute Gasteiger partial charge is 0.391 e. The van der Waals surface area contributed by atoms with Crippen LogP contribution in [-0.4, -0.2) is 154 Å². The highest BCUT2D eigenvalue weighted by Crippen LogP contribution is 2.34. The van der Waals surface area contributed by atoms with Crippen LogP contribution in [0.2, 0.25) is 0 Å². The summed E-state index contributed by atoms with van der Waals surface area (Å²) in [4.78, 5) is 58.5. The quantitative estimate of drug-likeness (QED) is 0.0392. The summed E-state index contributed by atoms with van der Waals surface area (Å²) in [6.07, 6.45) is 1.14. The smallest absolute Gasteiger partial charge is 0.246 e. The number of ether oxygens (including phenoxy) is 5. The SMILES string of the molecule is Cc1ncsc1-c1ccc(CNC(=O)[C@@H]2C[C@@H](O)CN2C(=O)[C@@H](NC(=O)COCCOCCOCCOCCOCCNc2ccc3nc(-c4ccc(-c5ccc(N(C)C)nc5)cc4)sc3c2)C(C)(C)C)cc1. The number of aryl methyl sites for hydroxylation is 1. The molecule has 3 atom stereocenters. The van der Waals surface area contributed by atoms with Crippen LogP contribution in [0.25, 0.3) is 42.4 Å². The zero-order valence-corrected chi connectivity index (χ0v) is 44.2. The second-order valence-corrected chi connectivity index (χ2v) is 20.8. The Hall–Kier alpha value is -5.90. The fourth-order valence-corrected chi connectivity index (χ4v) is 9.90. The van der Waals surface area contributed by atoms with Gasteiger partial charge in [-0.1, -0.05) is 69.3 Å². The van der Waals surface area contributed by atoms with Crippen molar-refractivity contribution in [2.24, 2.45) is 5.41 Å². The molecule has 3 aromatic heterocycles. The van der Waals surface area contributed by atoms with Gasteiger partial charge < -0.3 is 54.5 Å². The summed E-state index contributed by atoms with van der Waals surface area (Å²) >= 11 is 3.24. The lowest BCUT2D eigenvalue weighted by Gasteiger charge is -2.35. The highest BCUT2D eigenvalue weighted by Gasteiger charge is 2.44. The monoisotopic (exact) mass is 1040 g/mol. The number of pyridine rings is 1. The van der Waals surface area contributed by atoms with Gasteiger partial charge in [-0.05, 0) is 59.4 Å². The van der Waals surface area contributed by atoms with Crippen molar-refractivity contribution in [1.29, 1.82) is 0 Å². The van der Waals surface area contributed by atoms with Crippen LogP contribution in [0.3, 0.4) is 0 Å². The number of rotatable bonds is 27. The molecule has 0 aliphatic carbocycles. The average Bonchev–Trinajstić information content (AvgIpc) is 4.13. The Morgan fingerprint density at radius 1 is 0.795 bits per heavy atom. The topological polar surface area (TPSA) is 199 Å². The number of aliphatic hydroxyl groups excluding tert-OH is 1. The van der Waals surface area contributed by atoms with Gasteiger partial charge in [0.1, 0.15) is 29.5 Å². The number of nitrogens with zero attached hydrogens (tertiary/aromatic N) is 5. The molecule has 4 heterocycles. The number of fused-ring (bicyclic) bond motifs is 1. The minimum absolute atomic E-state index is 0.0121. The second-order valence-electron chi connectivity index (χ2n) is 19.0. The van der Waals surface area contributed by atoms with Gasteiger partial charge >= 0.3 is 0 Å². The van der Waals surface area contributed by atoms with Crippen LogP contribution in [0.15, 0.2) is 90.6 Å². The molecule has 73 heavy (non-hydrogen) atoms. The fourth-order valence-electron chi connectivity index (χ4n) is 8.08. The van der Waals surface area contributed by atoms with Crippen LogP contribution >= 0.6 is 22.7 Å². The van der Waals surface area contributed by atoms with Gasteiger partial charge in [0, 0.05) is 63.2 Å². The number of amides is 3. The summed E-state index contributed by atoms with van der Waals surface area (Å²) in [6.45, 7) is 11.5. The molecule has 17 nitrogen and oxygen atoms in total. The van der Waals surface area contributed by atoms with Crippen LogP contribution in [0, 0.1) is 12.3 Å². The van der Waals surface area contributed by atoms with E-state index < -0.39 is 35.4 Å². The normalized spacial score (nSPS) is 15.1. The molecule has 0 bridgehead atoms. The predicted molar refractivity (Wildman–Crippen MR) is 287 cm³/mol. The van der Waals surface area contributed by atoms with Crippen LogP contribution in [0.1, 0.15) is 38.4 Å². The van der Waals surface area contributed by atoms with E-state index in [0.29, 0.717) is 52.8 Å². The molecule has 7 rings (SSSR count). The highest BCUT2D eigenvalue weighted by atomic mass is 32.1. The van der Waals surface area contributed by atoms with Gasteiger partial charge in [-0.2, -0.15) is 0 Å². The van der Waals surface area contributed by atoms with Gasteiger partial charge in [-0.15, -0.1) is 22.7 Å². The van der Waals surface area contributed by atoms with E-state index in [9.17, 15) is 19.5 Å². The summed E-state index contributed by atoms with van der Waals surface area (Å²) < 4.78 is 29.2. The zero-order valence-electron chi connectivity index (χ0n) is 42.6. The molecule has 0 radical (unpaired) electrons. The van der Waals surface area contributed by atoms with E-state index in [1.807, 2.05) is 101 Å². The van der Waals surface area contributed by atoms with E-state index in [4.69, 9.17) is 28.7 Å². The summed E-state index contributed by atoms with van der Waals surface area (Å²) in [6, 6.07) is 24.8. The first-order valence-electron chi connectivity index (χ1n) is 24.6. The number of carbonyl (C=O) groups excluding carboxylic acids is 3. The Kier molecular flexibility index (Phi) is 20.2. The van der Waals surface area contributed by atoms with Crippen molar-refractivity contribution in [1.82, 2.24) is 30.5 Å². The maximum absolute atomic E-state index is 13.9. The molecule has 4 N–H and O–H groups in total. The Labute approximate surface area is 435 Å². The van der Waals surface area contributed by atoms with Crippen LogP contribution in [-0.2, 0) is 44.6 Å². The van der Waals surface area contributed by atoms with E-state index in [2.05, 4.69) is 62.3 Å². The van der Waals surface area contributed by atoms with Crippen molar-refractivity contribution in [3.8, 4) is 32.1 Å². The number of hydrogen-bond donors (Lipinski definition) is 4. The minimum Gasteiger partial charge on any atom is -0.391 e. The molecular formula is C54H68N8O9S2. The average molecular weight is 1040 g/mol. The Balaban J connectivity index is 0.693. The lowest BCUT2D eigenvalue weighted by molar-refractivity contribution is -0.144. The van der Waals surface area contributed by atoms with Crippen LogP contribution < -0.4 is 20.9 Å². The highest BCUT2D eigenvalue weighted by molar-refractivity contribution is 7.21. The van der Waals surface area contributed by atoms with E-state index >= 15 is 0 Å². The number of aliphatic hydroxyl groups is 1. The molecule has 0 saturated carbocycles. The lowest BCUT2D eigenvalue weighted by Crippen LogP contribution is -2.58. The number of aromatic nitrogens is 3. The number of carbonyl (C=O) groups is 3. The van der Waals surface area contributed by atoms with Crippen molar-refractivity contribution in [2.75, 3.05) is 103 Å². The number of nitrogens with one attached hydrogen (secondary N) is 3. The van der Waals surface area contributed by atoms with Crippen molar-refractivity contribution < 1.29 is 43.2 Å². The molecule has 6 aromatic rings. The number of anilines is 2. The maximum Gasteiger partial charge on any atom is 0.246 e. The third-order valence-corrected chi connectivity index (χ3v) is 14.1. The van der Waals surface area contributed by atoms with Gasteiger partial charge in [0.25, 0.3) is 0 Å². The lowest BCUT2D eigenvalue weighted by atomic mass is 9.85. The fraction of sp³-hybridized carbons (Fsp3) is 0.444. The molecule has 1 aliphatic heterocycles. The molecule has 3 aromatic carbocycles. The maximum atomic E-state index is 13.9. The zero-order chi connectivity index (χ0) is 51.7. The summed E-state index contributed by atoms with van der Waals surface area (Å²) in [5.74, 6) is -0.357. The Morgan fingerprint density at radius 3 is 2.04 bits per heavy atom. The Morgan fingerprint density at radius 2 is 1.42 bits per heavy atom. The van der Waals surface area contributed by atoms with Crippen molar-refractivity contribution in [3.63, 3.8) is 0 Å². The predicted octanol–water partition coefficient (Wildman–Crippen LogP) is 6.83. The summed E-state index contributed by atoms with van der Waals surface area (Å²) in [5.41, 5.74) is 9.28. The minimum atomic E-state index is -0.959. The van der Waals surface area contributed by atoms with Gasteiger partial charge in [0.15, 0.2) is 0 Å². The van der Waals surface area contributed by atoms with Gasteiger partial charge in [-0.3, -0.25) is 14.4 Å². The molecule has 1 fully saturated rings. The van der Waals surface area contributed by atoms with Crippen molar-refractivity contribution in [2.45, 2.75) is 58.8 Å². The second kappa shape index (κ2) is 26.9. The number of thiazole rings is 2. The van der Waals surface area contributed by atoms with E-state index in [1.165, 1.54) is 4.90 Å². The van der Waals surface area contributed by atoms with Gasteiger partial charge in [0.2, 0.25) is 17.7 Å². The molecule has 390 valence electrons. The first-order valence-corrected chi connectivity index (χ1v) is 26.3. The van der Waals surface area contributed by atoms with E-state index in [1.54, 1.807) is 22.7 Å². The first-order chi connectivity index (χ1) is 35.2. The van der Waals surface area contributed by atoms with Crippen LogP contribution in [0.4, 0.5) is 11.5 Å². The third kappa shape index (κ3) is 16.0. The number of benzene rings is 3. The first kappa shape index (κ1) is 54.9. The summed E-state index contributed by atoms with van der Waals surface area (Å²) in [5, 5.41) is 20.7. The molecule has 3 amide bonds. The molecule has 1 aliphatic rings. The van der Waals surface area contributed by atoms with E-state index in [0.717, 1.165) is 65.1 Å². The Bertz CT molecular complexity index is 2690. The van der Waals surface area contributed by atoms with Crippen LogP contribution in [0.5, 0.6) is 0 Å². The number of hydrogen-bond acceptors (Lipinski definition) is 16. The molecule has 0 spiro atoms. The molecule has 0 unspecified atom stereocenters. The third-order valence-electron chi connectivity index (χ3n) is 12.1. The standard InChI is InChI=1S/C54H68N8O9S2/c1-36-49(72-35-58-36)39-9-7-37(8-10-39)31-57-51(65)45-30-43(63)33-62(45)53(66)50(54(2,3)4)60-48(64)34-71-28-27-70-26-25-69-24-23-68-22-21-67-20-19-55-42-16-17-44-46(29-42)73-52(59-44)40-13-11-38(12-14-40)41-15-18-47(56-32-41)61(5)6/h7-18,29,32,35,43,45,50,55,63H,19-28,30-31,33-34H2,1-6H3,(H,57,65)(H,60,64)/t43-,45+,50-/m1/s1. The number of likely N-dealkylation sites (tertiary alicyclic amines) is 1. The molecular weight excluding hydrogens is 969 g/mol. The van der Waals surface area contributed by atoms with Gasteiger partial charge in [-0.25, -0.2) is 15.0 Å². The number of β-amino-alcohol motifs (C(OH)–C–C–N with tert-alkyl or cyclic N) is 1. The van der Waals surface area contributed by atoms with E-state index in [-0.39, 0.29) is 45.2 Å². The van der Waals surface area contributed by atoms with Gasteiger partial charge in [0.05, 0.1) is 91.9 Å². The summed E-state index contributed by atoms with van der Waals surface area (Å²) in [7, 11) is 3.96. The van der Waals surface area contributed by atoms with Crippen molar-refractivity contribution >= 4 is 62.1 Å². The van der Waals surface area contributed by atoms with Crippen molar-refractivity contribution in [3.05, 3.63) is 102 Å². The molecule has 1 saturated heterocycles.